The van der Waals surface area contributed by atoms with Crippen molar-refractivity contribution in [2.45, 2.75) is 18.9 Å². The van der Waals surface area contributed by atoms with Crippen molar-refractivity contribution in [3.8, 4) is 0 Å². The highest BCUT2D eigenvalue weighted by Crippen LogP contribution is 2.03. The van der Waals surface area contributed by atoms with Crippen molar-refractivity contribution in [2.75, 3.05) is 13.2 Å². The van der Waals surface area contributed by atoms with Crippen molar-refractivity contribution in [3.05, 3.63) is 53.9 Å². The second-order valence-corrected chi connectivity index (χ2v) is 4.80. The van der Waals surface area contributed by atoms with Crippen LogP contribution in [0.15, 0.2) is 42.7 Å². The van der Waals surface area contributed by atoms with Gasteiger partial charge >= 0.3 is 0 Å². The molecule has 1 unspecified atom stereocenters. The molecule has 1 aromatic heterocycles. The standard InChI is InChI=1S/C15H21N3O/c1-18-11-14(10-17-18)7-8-16-15(12-19)9-13-5-3-2-4-6-13/h2-6,10-11,15-16,19H,7-9,12H2,1H3. The molecule has 19 heavy (non-hydrogen) atoms. The molecule has 0 spiro atoms. The number of nitrogens with one attached hydrogen (secondary N) is 1. The van der Waals surface area contributed by atoms with E-state index in [1.807, 2.05) is 42.3 Å². The third kappa shape index (κ3) is 4.50. The zero-order valence-corrected chi connectivity index (χ0v) is 11.3. The first kappa shape index (κ1) is 13.8. The summed E-state index contributed by atoms with van der Waals surface area (Å²) in [6.07, 6.45) is 5.68. The van der Waals surface area contributed by atoms with E-state index in [1.54, 1.807) is 0 Å². The van der Waals surface area contributed by atoms with Crippen LogP contribution in [0.25, 0.3) is 0 Å². The minimum Gasteiger partial charge on any atom is -0.395 e. The Bertz CT molecular complexity index is 481. The fourth-order valence-electron chi connectivity index (χ4n) is 2.12. The summed E-state index contributed by atoms with van der Waals surface area (Å²) in [6.45, 7) is 1.01. The molecule has 0 fully saturated rings. The minimum atomic E-state index is 0.110. The molecule has 0 aliphatic heterocycles. The molecule has 0 saturated carbocycles. The fraction of sp³-hybridized carbons (Fsp3) is 0.400. The zero-order valence-electron chi connectivity index (χ0n) is 11.3. The second-order valence-electron chi connectivity index (χ2n) is 4.80. The van der Waals surface area contributed by atoms with Crippen LogP contribution in [0.4, 0.5) is 0 Å². The van der Waals surface area contributed by atoms with Crippen molar-refractivity contribution < 1.29 is 5.11 Å². The summed E-state index contributed by atoms with van der Waals surface area (Å²) in [4.78, 5) is 0. The Hall–Kier alpha value is -1.65. The van der Waals surface area contributed by atoms with E-state index in [-0.39, 0.29) is 12.6 Å². The van der Waals surface area contributed by atoms with Crippen LogP contribution in [-0.4, -0.2) is 34.1 Å². The van der Waals surface area contributed by atoms with Gasteiger partial charge in [0, 0.05) is 19.3 Å². The van der Waals surface area contributed by atoms with Gasteiger partial charge in [0.05, 0.1) is 12.8 Å². The van der Waals surface area contributed by atoms with Crippen LogP contribution >= 0.6 is 0 Å². The highest BCUT2D eigenvalue weighted by atomic mass is 16.3. The monoisotopic (exact) mass is 259 g/mol. The molecule has 102 valence electrons. The van der Waals surface area contributed by atoms with E-state index < -0.39 is 0 Å². The smallest absolute Gasteiger partial charge is 0.0587 e. The number of aliphatic hydroxyl groups is 1. The van der Waals surface area contributed by atoms with Gasteiger partial charge in [0.1, 0.15) is 0 Å². The predicted molar refractivity (Wildman–Crippen MR) is 75.9 cm³/mol. The summed E-state index contributed by atoms with van der Waals surface area (Å²) in [7, 11) is 1.92. The number of hydrogen-bond acceptors (Lipinski definition) is 3. The van der Waals surface area contributed by atoms with E-state index in [0.29, 0.717) is 0 Å². The van der Waals surface area contributed by atoms with Gasteiger partial charge in [0.2, 0.25) is 0 Å². The summed E-state index contributed by atoms with van der Waals surface area (Å²) < 4.78 is 1.81. The van der Waals surface area contributed by atoms with Gasteiger partial charge in [0.25, 0.3) is 0 Å². The van der Waals surface area contributed by atoms with E-state index in [1.165, 1.54) is 11.1 Å². The largest absolute Gasteiger partial charge is 0.395 e. The number of nitrogens with zero attached hydrogens (tertiary/aromatic N) is 2. The lowest BCUT2D eigenvalue weighted by Crippen LogP contribution is -2.35. The van der Waals surface area contributed by atoms with E-state index in [4.69, 9.17) is 0 Å². The quantitative estimate of drug-likeness (QED) is 0.784. The minimum absolute atomic E-state index is 0.110. The van der Waals surface area contributed by atoms with Gasteiger partial charge in [-0.15, -0.1) is 0 Å². The molecule has 0 aliphatic rings. The maximum absolute atomic E-state index is 9.41. The molecule has 2 aromatic rings. The molecule has 0 amide bonds. The van der Waals surface area contributed by atoms with Crippen LogP contribution in [0.3, 0.4) is 0 Å². The predicted octanol–water partition coefficient (Wildman–Crippen LogP) is 1.16. The van der Waals surface area contributed by atoms with Gasteiger partial charge in [-0.1, -0.05) is 30.3 Å². The summed E-state index contributed by atoms with van der Waals surface area (Å²) in [5.74, 6) is 0. The number of aliphatic hydroxyl groups excluding tert-OH is 1. The molecule has 0 aliphatic carbocycles. The Kier molecular flexibility index (Phi) is 5.12. The van der Waals surface area contributed by atoms with Crippen molar-refractivity contribution >= 4 is 0 Å². The summed E-state index contributed by atoms with van der Waals surface area (Å²) in [5.41, 5.74) is 2.46. The lowest BCUT2D eigenvalue weighted by molar-refractivity contribution is 0.242. The fourth-order valence-corrected chi connectivity index (χ4v) is 2.12. The maximum atomic E-state index is 9.41. The molecule has 0 bridgehead atoms. The Labute approximate surface area is 114 Å². The Balaban J connectivity index is 1.76. The lowest BCUT2D eigenvalue weighted by Gasteiger charge is -2.16. The summed E-state index contributed by atoms with van der Waals surface area (Å²) in [5, 5.41) is 16.9. The zero-order chi connectivity index (χ0) is 13.5. The van der Waals surface area contributed by atoms with Crippen molar-refractivity contribution in [3.63, 3.8) is 0 Å². The lowest BCUT2D eigenvalue weighted by atomic mass is 10.1. The molecule has 1 aromatic carbocycles. The van der Waals surface area contributed by atoms with E-state index in [9.17, 15) is 5.11 Å². The van der Waals surface area contributed by atoms with Gasteiger partial charge in [0.15, 0.2) is 0 Å². The van der Waals surface area contributed by atoms with Gasteiger partial charge in [-0.3, -0.25) is 4.68 Å². The van der Waals surface area contributed by atoms with Crippen LogP contribution in [0.2, 0.25) is 0 Å². The number of rotatable bonds is 7. The average molecular weight is 259 g/mol. The van der Waals surface area contributed by atoms with Crippen LogP contribution in [-0.2, 0) is 19.9 Å². The molecular weight excluding hydrogens is 238 g/mol. The Morgan fingerprint density at radius 1 is 1.26 bits per heavy atom. The highest BCUT2D eigenvalue weighted by molar-refractivity contribution is 5.16. The molecule has 2 rings (SSSR count). The molecular formula is C15H21N3O. The first-order valence-electron chi connectivity index (χ1n) is 6.63. The molecule has 1 heterocycles. The first-order valence-corrected chi connectivity index (χ1v) is 6.63. The van der Waals surface area contributed by atoms with Crippen LogP contribution < -0.4 is 5.32 Å². The summed E-state index contributed by atoms with van der Waals surface area (Å²) >= 11 is 0. The normalized spacial score (nSPS) is 12.5. The van der Waals surface area contributed by atoms with Crippen LogP contribution in [0.5, 0.6) is 0 Å². The van der Waals surface area contributed by atoms with Gasteiger partial charge in [-0.05, 0) is 30.5 Å². The third-order valence-electron chi connectivity index (χ3n) is 3.15. The molecule has 2 N–H and O–H groups in total. The SMILES string of the molecule is Cn1cc(CCNC(CO)Cc2ccccc2)cn1. The molecule has 4 nitrogen and oxygen atoms in total. The van der Waals surface area contributed by atoms with Crippen LogP contribution in [0, 0.1) is 0 Å². The molecule has 1 atom stereocenters. The summed E-state index contributed by atoms with van der Waals surface area (Å²) in [6, 6.07) is 10.3. The Morgan fingerprint density at radius 2 is 2.05 bits per heavy atom. The van der Waals surface area contributed by atoms with Gasteiger partial charge in [-0.25, -0.2) is 0 Å². The number of aromatic nitrogens is 2. The van der Waals surface area contributed by atoms with E-state index in [2.05, 4.69) is 22.5 Å². The van der Waals surface area contributed by atoms with Crippen molar-refractivity contribution in [1.29, 1.82) is 0 Å². The number of benzene rings is 1. The van der Waals surface area contributed by atoms with Gasteiger partial charge < -0.3 is 10.4 Å². The Morgan fingerprint density at radius 3 is 2.68 bits per heavy atom. The molecule has 4 heteroatoms. The first-order chi connectivity index (χ1) is 9.28. The topological polar surface area (TPSA) is 50.1 Å². The van der Waals surface area contributed by atoms with E-state index in [0.717, 1.165) is 19.4 Å². The average Bonchev–Trinajstić information content (AvgIpc) is 2.84. The number of aryl methyl sites for hydroxylation is 1. The van der Waals surface area contributed by atoms with Gasteiger partial charge in [-0.2, -0.15) is 5.10 Å². The number of hydrogen-bond donors (Lipinski definition) is 2. The maximum Gasteiger partial charge on any atom is 0.0587 e. The second kappa shape index (κ2) is 7.07. The van der Waals surface area contributed by atoms with Crippen molar-refractivity contribution in [1.82, 2.24) is 15.1 Å². The molecule has 0 radical (unpaired) electrons. The van der Waals surface area contributed by atoms with Crippen LogP contribution in [0.1, 0.15) is 11.1 Å². The van der Waals surface area contributed by atoms with E-state index >= 15 is 0 Å². The highest BCUT2D eigenvalue weighted by Gasteiger charge is 2.07. The van der Waals surface area contributed by atoms with Crippen molar-refractivity contribution in [2.24, 2.45) is 7.05 Å². The third-order valence-corrected chi connectivity index (χ3v) is 3.15. The molecule has 0 saturated heterocycles.